The molecule has 17 heavy (non-hydrogen) atoms. The number of ether oxygens (including phenoxy) is 1. The van der Waals surface area contributed by atoms with E-state index in [1.54, 1.807) is 0 Å². The van der Waals surface area contributed by atoms with Crippen molar-refractivity contribution in [2.45, 2.75) is 59.6 Å². The molecule has 0 bridgehead atoms. The molecule has 0 amide bonds. The molecular formula is C15H28NO+. The average molecular weight is 238 g/mol. The van der Waals surface area contributed by atoms with E-state index in [0.29, 0.717) is 6.04 Å². The third-order valence-corrected chi connectivity index (χ3v) is 3.11. The molecule has 0 aromatic heterocycles. The van der Waals surface area contributed by atoms with Crippen LogP contribution in [0.2, 0.25) is 0 Å². The molecule has 0 fully saturated rings. The molecule has 0 N–H and O–H groups in total. The van der Waals surface area contributed by atoms with Gasteiger partial charge in [0.1, 0.15) is 18.7 Å². The second kappa shape index (κ2) is 7.31. The first-order valence-electron chi connectivity index (χ1n) is 6.42. The molecule has 0 radical (unpaired) electrons. The third kappa shape index (κ3) is 5.71. The molecular weight excluding hydrogens is 210 g/mol. The van der Waals surface area contributed by atoms with Crippen LogP contribution in [0.25, 0.3) is 0 Å². The van der Waals surface area contributed by atoms with Gasteiger partial charge in [-0.05, 0) is 40.2 Å². The van der Waals surface area contributed by atoms with Crippen LogP contribution in [-0.2, 0) is 4.74 Å². The zero-order chi connectivity index (χ0) is 13.5. The van der Waals surface area contributed by atoms with Gasteiger partial charge in [-0.2, -0.15) is 0 Å². The lowest BCUT2D eigenvalue weighted by Crippen LogP contribution is -2.33. The summed E-state index contributed by atoms with van der Waals surface area (Å²) < 4.78 is 8.23. The van der Waals surface area contributed by atoms with Crippen LogP contribution >= 0.6 is 0 Å². The van der Waals surface area contributed by atoms with Crippen molar-refractivity contribution in [1.29, 1.82) is 0 Å². The topological polar surface area (TPSA) is 12.2 Å². The van der Waals surface area contributed by atoms with Crippen LogP contribution in [0.3, 0.4) is 0 Å². The van der Waals surface area contributed by atoms with E-state index < -0.39 is 0 Å². The molecule has 98 valence electrons. The highest BCUT2D eigenvalue weighted by atomic mass is 16.5. The average Bonchev–Trinajstić information content (AvgIpc) is 2.28. The summed E-state index contributed by atoms with van der Waals surface area (Å²) in [6.45, 7) is 12.6. The molecule has 0 heterocycles. The summed E-state index contributed by atoms with van der Waals surface area (Å²) in [5, 5.41) is 0. The zero-order valence-corrected chi connectivity index (χ0v) is 12.4. The summed E-state index contributed by atoms with van der Waals surface area (Å²) in [7, 11) is 2.06. The van der Waals surface area contributed by atoms with E-state index in [-0.39, 0.29) is 5.60 Å². The maximum absolute atomic E-state index is 6.08. The van der Waals surface area contributed by atoms with Crippen LogP contribution in [0, 0.1) is 0 Å². The van der Waals surface area contributed by atoms with Gasteiger partial charge < -0.3 is 4.74 Å². The zero-order valence-electron chi connectivity index (χ0n) is 12.4. The van der Waals surface area contributed by atoms with E-state index in [2.05, 4.69) is 45.4 Å². The minimum atomic E-state index is -0.229. The predicted octanol–water partition coefficient (Wildman–Crippen LogP) is 3.77. The number of rotatable bonds is 5. The molecule has 0 aromatic carbocycles. The monoisotopic (exact) mass is 238 g/mol. The van der Waals surface area contributed by atoms with Crippen molar-refractivity contribution in [2.75, 3.05) is 7.05 Å². The smallest absolute Gasteiger partial charge is 0.333 e. The highest BCUT2D eigenvalue weighted by molar-refractivity contribution is 5.68. The number of nitrogens with zero attached hydrogens (tertiary/aromatic N) is 1. The van der Waals surface area contributed by atoms with Crippen molar-refractivity contribution < 1.29 is 9.31 Å². The lowest BCUT2D eigenvalue weighted by Gasteiger charge is -2.24. The van der Waals surface area contributed by atoms with Gasteiger partial charge in [0.2, 0.25) is 0 Å². The summed E-state index contributed by atoms with van der Waals surface area (Å²) in [4.78, 5) is 0. The minimum Gasteiger partial charge on any atom is -0.438 e. The first kappa shape index (κ1) is 16.0. The highest BCUT2D eigenvalue weighted by Crippen LogP contribution is 2.17. The highest BCUT2D eigenvalue weighted by Gasteiger charge is 2.24. The summed E-state index contributed by atoms with van der Waals surface area (Å²) >= 11 is 0. The maximum Gasteiger partial charge on any atom is 0.333 e. The van der Waals surface area contributed by atoms with E-state index in [0.717, 1.165) is 12.3 Å². The van der Waals surface area contributed by atoms with Gasteiger partial charge in [-0.15, -0.1) is 0 Å². The van der Waals surface area contributed by atoms with Crippen molar-refractivity contribution in [1.82, 2.24) is 0 Å². The third-order valence-electron chi connectivity index (χ3n) is 3.11. The molecule has 1 unspecified atom stereocenters. The van der Waals surface area contributed by atoms with Gasteiger partial charge in [0, 0.05) is 0 Å². The number of hydrogen-bond acceptors (Lipinski definition) is 1. The Hall–Kier alpha value is -1.05. The summed E-state index contributed by atoms with van der Waals surface area (Å²) in [5.74, 6) is 0.967. The summed E-state index contributed by atoms with van der Waals surface area (Å²) in [6, 6.07) is 0.454. The molecule has 0 rings (SSSR count). The first-order valence-corrected chi connectivity index (χ1v) is 6.42. The standard InChI is InChI=1S/C15H28NO/c1-8-10-11-12-15(6,9-2)17-14(5)16(7)13(3)4/h8,10-13H,9H2,1-7H3/q+1/b10-8-,12-11-,16-14+. The fraction of sp³-hybridized carbons (Fsp3) is 0.667. The van der Waals surface area contributed by atoms with Crippen molar-refractivity contribution in [3.63, 3.8) is 0 Å². The van der Waals surface area contributed by atoms with Crippen LogP contribution in [0.15, 0.2) is 24.3 Å². The molecule has 0 aliphatic carbocycles. The van der Waals surface area contributed by atoms with Crippen molar-refractivity contribution in [2.24, 2.45) is 0 Å². The van der Waals surface area contributed by atoms with Crippen molar-refractivity contribution in [3.8, 4) is 0 Å². The van der Waals surface area contributed by atoms with Gasteiger partial charge in [0.25, 0.3) is 0 Å². The van der Waals surface area contributed by atoms with E-state index in [9.17, 15) is 0 Å². The molecule has 0 spiro atoms. The maximum atomic E-state index is 6.08. The Morgan fingerprint density at radius 1 is 1.35 bits per heavy atom. The van der Waals surface area contributed by atoms with Crippen LogP contribution in [0.1, 0.15) is 48.0 Å². The van der Waals surface area contributed by atoms with Crippen LogP contribution in [-0.4, -0.2) is 29.2 Å². The number of allylic oxidation sites excluding steroid dienone is 3. The second-order valence-electron chi connectivity index (χ2n) is 4.88. The van der Waals surface area contributed by atoms with Gasteiger partial charge in [0.15, 0.2) is 0 Å². The summed E-state index contributed by atoms with van der Waals surface area (Å²) in [6.07, 6.45) is 9.16. The first-order chi connectivity index (χ1) is 7.86. The molecule has 0 aliphatic heterocycles. The Morgan fingerprint density at radius 2 is 1.94 bits per heavy atom. The Labute approximate surface area is 107 Å². The van der Waals surface area contributed by atoms with Gasteiger partial charge in [-0.3, -0.25) is 0 Å². The molecule has 0 aliphatic rings. The molecule has 2 nitrogen and oxygen atoms in total. The second-order valence-corrected chi connectivity index (χ2v) is 4.88. The molecule has 0 saturated heterocycles. The van der Waals surface area contributed by atoms with Gasteiger partial charge in [-0.1, -0.05) is 25.2 Å². The Balaban J connectivity index is 4.86. The van der Waals surface area contributed by atoms with E-state index in [1.165, 1.54) is 0 Å². The van der Waals surface area contributed by atoms with Crippen LogP contribution in [0.4, 0.5) is 0 Å². The van der Waals surface area contributed by atoms with E-state index >= 15 is 0 Å². The molecule has 1 atom stereocenters. The largest absolute Gasteiger partial charge is 0.438 e. The molecule has 2 heteroatoms. The Kier molecular flexibility index (Phi) is 6.86. The normalized spacial score (nSPS) is 17.6. The van der Waals surface area contributed by atoms with Crippen molar-refractivity contribution >= 4 is 5.90 Å². The lowest BCUT2D eigenvalue weighted by atomic mass is 10.0. The van der Waals surface area contributed by atoms with Gasteiger partial charge >= 0.3 is 5.90 Å². The number of hydrogen-bond donors (Lipinski definition) is 0. The fourth-order valence-corrected chi connectivity index (χ4v) is 1.37. The predicted molar refractivity (Wildman–Crippen MR) is 75.7 cm³/mol. The molecule has 0 aromatic rings. The van der Waals surface area contributed by atoms with Crippen LogP contribution in [0.5, 0.6) is 0 Å². The minimum absolute atomic E-state index is 0.229. The Bertz CT molecular complexity index is 313. The Morgan fingerprint density at radius 3 is 2.35 bits per heavy atom. The quantitative estimate of drug-likeness (QED) is 0.307. The van der Waals surface area contributed by atoms with Gasteiger partial charge in [-0.25, -0.2) is 4.58 Å². The van der Waals surface area contributed by atoms with Crippen molar-refractivity contribution in [3.05, 3.63) is 24.3 Å². The van der Waals surface area contributed by atoms with Crippen LogP contribution < -0.4 is 0 Å². The van der Waals surface area contributed by atoms with Gasteiger partial charge in [0.05, 0.1) is 6.92 Å². The lowest BCUT2D eigenvalue weighted by molar-refractivity contribution is -0.539. The summed E-state index contributed by atoms with van der Waals surface area (Å²) in [5.41, 5.74) is -0.229. The van der Waals surface area contributed by atoms with E-state index in [1.807, 2.05) is 32.1 Å². The molecule has 0 saturated carbocycles. The fourth-order valence-electron chi connectivity index (χ4n) is 1.37. The SMILES string of the molecule is C/C=C\C=C/C(C)(CC)O/C(C)=[N+](\C)C(C)C. The van der Waals surface area contributed by atoms with E-state index in [4.69, 9.17) is 4.74 Å².